The largest absolute Gasteiger partial charge is 0.371 e. The van der Waals surface area contributed by atoms with Gasteiger partial charge in [0.25, 0.3) is 0 Å². The molecule has 0 bridgehead atoms. The van der Waals surface area contributed by atoms with Gasteiger partial charge in [0.15, 0.2) is 0 Å². The normalized spacial score (nSPS) is 14.9. The van der Waals surface area contributed by atoms with E-state index >= 15 is 0 Å². The Hall–Kier alpha value is -1.39. The number of nitrogens with zero attached hydrogens (tertiary/aromatic N) is 2. The minimum absolute atomic E-state index is 0.351. The summed E-state index contributed by atoms with van der Waals surface area (Å²) < 4.78 is 7.73. The molecule has 1 atom stereocenters. The fourth-order valence-corrected chi connectivity index (χ4v) is 2.23. The predicted octanol–water partition coefficient (Wildman–Crippen LogP) is 2.30. The van der Waals surface area contributed by atoms with Crippen molar-refractivity contribution >= 4 is 11.0 Å². The van der Waals surface area contributed by atoms with Crippen LogP contribution in [0.15, 0.2) is 18.2 Å². The van der Waals surface area contributed by atoms with Gasteiger partial charge in [-0.25, -0.2) is 4.98 Å². The molecule has 4 nitrogen and oxygen atoms in total. The Morgan fingerprint density at radius 2 is 2.17 bits per heavy atom. The van der Waals surface area contributed by atoms with Gasteiger partial charge in [-0.15, -0.1) is 0 Å². The molecule has 0 spiro atoms. The smallest absolute Gasteiger partial charge is 0.141 e. The third-order valence-corrected chi connectivity index (χ3v) is 3.78. The minimum Gasteiger partial charge on any atom is -0.371 e. The maximum Gasteiger partial charge on any atom is 0.141 e. The highest BCUT2D eigenvalue weighted by molar-refractivity contribution is 5.77. The standard InChI is InChI=1S/C14H21N3O/c1-5-14(2,18-4)13-16-11-7-6-10(9-15)8-12(11)17(13)3/h6-8H,5,9,15H2,1-4H3. The molecule has 0 aliphatic heterocycles. The topological polar surface area (TPSA) is 53.1 Å². The van der Waals surface area contributed by atoms with E-state index < -0.39 is 0 Å². The van der Waals surface area contributed by atoms with Crippen molar-refractivity contribution in [3.63, 3.8) is 0 Å². The van der Waals surface area contributed by atoms with Crippen LogP contribution in [0.5, 0.6) is 0 Å². The van der Waals surface area contributed by atoms with Gasteiger partial charge in [-0.2, -0.15) is 0 Å². The number of aromatic nitrogens is 2. The van der Waals surface area contributed by atoms with Crippen molar-refractivity contribution in [1.29, 1.82) is 0 Å². The molecule has 4 heteroatoms. The molecule has 1 unspecified atom stereocenters. The van der Waals surface area contributed by atoms with E-state index in [9.17, 15) is 0 Å². The van der Waals surface area contributed by atoms with Crippen LogP contribution in [0.3, 0.4) is 0 Å². The van der Waals surface area contributed by atoms with E-state index in [1.807, 2.05) is 19.2 Å². The van der Waals surface area contributed by atoms with E-state index in [4.69, 9.17) is 15.5 Å². The lowest BCUT2D eigenvalue weighted by molar-refractivity contribution is -0.0107. The number of benzene rings is 1. The van der Waals surface area contributed by atoms with Gasteiger partial charge in [0, 0.05) is 20.7 Å². The van der Waals surface area contributed by atoms with E-state index in [1.165, 1.54) is 0 Å². The van der Waals surface area contributed by atoms with Crippen molar-refractivity contribution in [2.24, 2.45) is 12.8 Å². The molecule has 0 aliphatic rings. The molecule has 0 radical (unpaired) electrons. The Morgan fingerprint density at radius 1 is 1.44 bits per heavy atom. The number of fused-ring (bicyclic) bond motifs is 1. The molecule has 0 saturated heterocycles. The van der Waals surface area contributed by atoms with Crippen LogP contribution in [0.25, 0.3) is 11.0 Å². The van der Waals surface area contributed by atoms with Crippen molar-refractivity contribution in [3.8, 4) is 0 Å². The highest BCUT2D eigenvalue weighted by Gasteiger charge is 2.29. The first kappa shape index (κ1) is 13.1. The van der Waals surface area contributed by atoms with E-state index in [2.05, 4.69) is 24.5 Å². The first-order valence-electron chi connectivity index (χ1n) is 6.26. The molecule has 0 saturated carbocycles. The minimum atomic E-state index is -0.351. The van der Waals surface area contributed by atoms with Crippen LogP contribution in [0, 0.1) is 0 Å². The van der Waals surface area contributed by atoms with Crippen molar-refractivity contribution in [2.75, 3.05) is 7.11 Å². The number of hydrogen-bond donors (Lipinski definition) is 1. The second kappa shape index (κ2) is 4.71. The van der Waals surface area contributed by atoms with Crippen molar-refractivity contribution in [2.45, 2.75) is 32.4 Å². The Kier molecular flexibility index (Phi) is 3.41. The zero-order valence-electron chi connectivity index (χ0n) is 11.5. The third-order valence-electron chi connectivity index (χ3n) is 3.78. The molecule has 1 heterocycles. The fraction of sp³-hybridized carbons (Fsp3) is 0.500. The number of nitrogens with two attached hydrogens (primary N) is 1. The molecule has 98 valence electrons. The lowest BCUT2D eigenvalue weighted by atomic mass is 10.0. The van der Waals surface area contributed by atoms with Crippen LogP contribution in [0.1, 0.15) is 31.7 Å². The third kappa shape index (κ3) is 1.91. The first-order valence-corrected chi connectivity index (χ1v) is 6.26. The van der Waals surface area contributed by atoms with Crippen LogP contribution in [-0.4, -0.2) is 16.7 Å². The van der Waals surface area contributed by atoms with Crippen LogP contribution >= 0.6 is 0 Å². The highest BCUT2D eigenvalue weighted by Crippen LogP contribution is 2.30. The van der Waals surface area contributed by atoms with E-state index in [0.717, 1.165) is 28.8 Å². The predicted molar refractivity (Wildman–Crippen MR) is 73.3 cm³/mol. The lowest BCUT2D eigenvalue weighted by Crippen LogP contribution is -2.27. The summed E-state index contributed by atoms with van der Waals surface area (Å²) in [7, 11) is 3.76. The van der Waals surface area contributed by atoms with E-state index in [1.54, 1.807) is 7.11 Å². The maximum atomic E-state index is 5.68. The molecular formula is C14H21N3O. The van der Waals surface area contributed by atoms with Gasteiger partial charge in [0.05, 0.1) is 11.0 Å². The maximum absolute atomic E-state index is 5.68. The summed E-state index contributed by atoms with van der Waals surface area (Å²) in [5.74, 6) is 0.955. The number of ether oxygens (including phenoxy) is 1. The molecule has 0 fully saturated rings. The van der Waals surface area contributed by atoms with Crippen LogP contribution in [0.4, 0.5) is 0 Å². The van der Waals surface area contributed by atoms with Gasteiger partial charge < -0.3 is 15.0 Å². The first-order chi connectivity index (χ1) is 8.55. The molecule has 2 rings (SSSR count). The fourth-order valence-electron chi connectivity index (χ4n) is 2.23. The SMILES string of the molecule is CCC(C)(OC)c1nc2ccc(CN)cc2n1C. The van der Waals surface area contributed by atoms with Gasteiger partial charge in [0.2, 0.25) is 0 Å². The average molecular weight is 247 g/mol. The molecular weight excluding hydrogens is 226 g/mol. The van der Waals surface area contributed by atoms with Crippen molar-refractivity contribution < 1.29 is 4.74 Å². The van der Waals surface area contributed by atoms with Crippen LogP contribution < -0.4 is 5.73 Å². The lowest BCUT2D eigenvalue weighted by Gasteiger charge is -2.25. The molecule has 0 amide bonds. The molecule has 1 aromatic carbocycles. The summed E-state index contributed by atoms with van der Waals surface area (Å²) in [5, 5.41) is 0. The molecule has 2 N–H and O–H groups in total. The van der Waals surface area contributed by atoms with Gasteiger partial charge >= 0.3 is 0 Å². The zero-order valence-corrected chi connectivity index (χ0v) is 11.5. The van der Waals surface area contributed by atoms with Gasteiger partial charge in [-0.1, -0.05) is 13.0 Å². The molecule has 2 aromatic rings. The van der Waals surface area contributed by atoms with Crippen LogP contribution in [-0.2, 0) is 23.9 Å². The number of hydrogen-bond acceptors (Lipinski definition) is 3. The van der Waals surface area contributed by atoms with Gasteiger partial charge in [-0.3, -0.25) is 0 Å². The molecule has 0 aliphatic carbocycles. The monoisotopic (exact) mass is 247 g/mol. The molecule has 1 aromatic heterocycles. The second-order valence-corrected chi connectivity index (χ2v) is 4.81. The number of aryl methyl sites for hydroxylation is 1. The van der Waals surface area contributed by atoms with Gasteiger partial charge in [0.1, 0.15) is 11.4 Å². The number of methoxy groups -OCH3 is 1. The molecule has 18 heavy (non-hydrogen) atoms. The second-order valence-electron chi connectivity index (χ2n) is 4.81. The van der Waals surface area contributed by atoms with Crippen LogP contribution in [0.2, 0.25) is 0 Å². The summed E-state index contributed by atoms with van der Waals surface area (Å²) in [4.78, 5) is 4.70. The van der Waals surface area contributed by atoms with Crippen molar-refractivity contribution in [1.82, 2.24) is 9.55 Å². The highest BCUT2D eigenvalue weighted by atomic mass is 16.5. The van der Waals surface area contributed by atoms with E-state index in [-0.39, 0.29) is 5.60 Å². The summed E-state index contributed by atoms with van der Waals surface area (Å²) in [5.41, 5.74) is 8.54. The van der Waals surface area contributed by atoms with Crippen molar-refractivity contribution in [3.05, 3.63) is 29.6 Å². The number of rotatable bonds is 4. The summed E-state index contributed by atoms with van der Waals surface area (Å²) >= 11 is 0. The zero-order chi connectivity index (χ0) is 13.3. The summed E-state index contributed by atoms with van der Waals surface area (Å²) in [6.07, 6.45) is 0.879. The Morgan fingerprint density at radius 3 is 2.72 bits per heavy atom. The summed E-state index contributed by atoms with van der Waals surface area (Å²) in [6.45, 7) is 4.72. The average Bonchev–Trinajstić information content (AvgIpc) is 2.75. The quantitative estimate of drug-likeness (QED) is 0.902. The Bertz CT molecular complexity index is 555. The number of imidazole rings is 1. The van der Waals surface area contributed by atoms with E-state index in [0.29, 0.717) is 6.54 Å². The summed E-state index contributed by atoms with van der Waals surface area (Å²) in [6, 6.07) is 6.14. The van der Waals surface area contributed by atoms with Gasteiger partial charge in [-0.05, 0) is 31.0 Å². The Balaban J connectivity index is 2.64. The Labute approximate surface area is 108 Å².